The second-order valence-corrected chi connectivity index (χ2v) is 6.90. The Labute approximate surface area is 127 Å². The predicted molar refractivity (Wildman–Crippen MR) is 83.6 cm³/mol. The number of thiophene rings is 1. The van der Waals surface area contributed by atoms with E-state index in [9.17, 15) is 4.79 Å². The second kappa shape index (κ2) is 4.61. The van der Waals surface area contributed by atoms with Crippen molar-refractivity contribution in [2.75, 3.05) is 18.9 Å². The van der Waals surface area contributed by atoms with Crippen molar-refractivity contribution < 1.29 is 4.79 Å². The predicted octanol–water partition coefficient (Wildman–Crippen LogP) is 1.93. The molecule has 2 aliphatic rings. The third-order valence-electron chi connectivity index (χ3n) is 4.31. The number of aromatic nitrogens is 1. The van der Waals surface area contributed by atoms with Gasteiger partial charge < -0.3 is 20.1 Å². The molecule has 0 fully saturated rings. The Bertz CT molecular complexity index is 717. The number of nitrogens with one attached hydrogen (secondary N) is 2. The summed E-state index contributed by atoms with van der Waals surface area (Å²) in [6.07, 6.45) is 2.80. The molecule has 2 aromatic heterocycles. The SMILES string of the molecule is CN1CCc2c(sc3c2C(=O)NC(c2cccn2C)N3)C1. The van der Waals surface area contributed by atoms with E-state index in [1.807, 2.05) is 29.9 Å². The second-order valence-electron chi connectivity index (χ2n) is 5.79. The summed E-state index contributed by atoms with van der Waals surface area (Å²) in [5, 5.41) is 7.59. The van der Waals surface area contributed by atoms with Gasteiger partial charge in [-0.15, -0.1) is 11.3 Å². The maximum atomic E-state index is 12.5. The minimum Gasteiger partial charge on any atom is -0.351 e. The van der Waals surface area contributed by atoms with Crippen LogP contribution in [-0.2, 0) is 20.0 Å². The zero-order valence-electron chi connectivity index (χ0n) is 12.1. The largest absolute Gasteiger partial charge is 0.351 e. The van der Waals surface area contributed by atoms with Crippen LogP contribution in [0.3, 0.4) is 0 Å². The number of carbonyl (C=O) groups excluding carboxylic acids is 1. The van der Waals surface area contributed by atoms with E-state index < -0.39 is 0 Å². The Kier molecular flexibility index (Phi) is 2.83. The number of amides is 1. The fourth-order valence-electron chi connectivity index (χ4n) is 3.17. The maximum Gasteiger partial charge on any atom is 0.256 e. The zero-order chi connectivity index (χ0) is 14.6. The summed E-state index contributed by atoms with van der Waals surface area (Å²) in [4.78, 5) is 16.2. The van der Waals surface area contributed by atoms with Crippen LogP contribution in [0.25, 0.3) is 0 Å². The highest BCUT2D eigenvalue weighted by Crippen LogP contribution is 2.40. The average molecular weight is 302 g/mol. The van der Waals surface area contributed by atoms with Crippen molar-refractivity contribution in [3.05, 3.63) is 40.0 Å². The summed E-state index contributed by atoms with van der Waals surface area (Å²) in [5.41, 5.74) is 3.18. The number of aryl methyl sites for hydroxylation is 1. The first kappa shape index (κ1) is 12.9. The molecule has 0 saturated heterocycles. The number of likely N-dealkylation sites (N-methyl/N-ethyl adjacent to an activating group) is 1. The van der Waals surface area contributed by atoms with Crippen LogP contribution in [0, 0.1) is 0 Å². The lowest BCUT2D eigenvalue weighted by Crippen LogP contribution is -2.39. The summed E-state index contributed by atoms with van der Waals surface area (Å²) in [5.74, 6) is 0.0528. The minimum absolute atomic E-state index is 0.0528. The molecule has 0 spiro atoms. The van der Waals surface area contributed by atoms with Crippen molar-refractivity contribution in [3.8, 4) is 0 Å². The van der Waals surface area contributed by atoms with Crippen LogP contribution in [0.1, 0.15) is 32.7 Å². The molecular weight excluding hydrogens is 284 g/mol. The fourth-order valence-corrected chi connectivity index (χ4v) is 4.52. The Balaban J connectivity index is 1.73. The van der Waals surface area contributed by atoms with Gasteiger partial charge in [0.25, 0.3) is 5.91 Å². The third-order valence-corrected chi connectivity index (χ3v) is 5.45. The van der Waals surface area contributed by atoms with Crippen LogP contribution in [0.4, 0.5) is 5.00 Å². The maximum absolute atomic E-state index is 12.5. The molecule has 1 amide bonds. The number of anilines is 1. The van der Waals surface area contributed by atoms with E-state index in [0.29, 0.717) is 0 Å². The third kappa shape index (κ3) is 1.98. The molecule has 0 saturated carbocycles. The zero-order valence-corrected chi connectivity index (χ0v) is 13.0. The van der Waals surface area contributed by atoms with Gasteiger partial charge in [0.05, 0.1) is 11.3 Å². The van der Waals surface area contributed by atoms with Gasteiger partial charge >= 0.3 is 0 Å². The number of hydrogen-bond acceptors (Lipinski definition) is 4. The van der Waals surface area contributed by atoms with E-state index in [-0.39, 0.29) is 12.1 Å². The highest BCUT2D eigenvalue weighted by atomic mass is 32.1. The van der Waals surface area contributed by atoms with Gasteiger partial charge in [0.15, 0.2) is 0 Å². The van der Waals surface area contributed by atoms with Crippen LogP contribution < -0.4 is 10.6 Å². The molecule has 0 bridgehead atoms. The lowest BCUT2D eigenvalue weighted by atomic mass is 10.0. The summed E-state index contributed by atoms with van der Waals surface area (Å²) < 4.78 is 2.03. The molecule has 2 aliphatic heterocycles. The van der Waals surface area contributed by atoms with Gasteiger partial charge in [0, 0.05) is 31.2 Å². The average Bonchev–Trinajstić information content (AvgIpc) is 3.01. The number of hydrogen-bond donors (Lipinski definition) is 2. The summed E-state index contributed by atoms with van der Waals surface area (Å²) >= 11 is 1.73. The molecule has 1 unspecified atom stereocenters. The molecule has 4 heterocycles. The first-order chi connectivity index (χ1) is 10.1. The summed E-state index contributed by atoms with van der Waals surface area (Å²) in [6, 6.07) is 4.03. The highest BCUT2D eigenvalue weighted by molar-refractivity contribution is 7.16. The minimum atomic E-state index is -0.150. The number of nitrogens with zero attached hydrogens (tertiary/aromatic N) is 2. The first-order valence-corrected chi connectivity index (χ1v) is 7.97. The van der Waals surface area contributed by atoms with Crippen LogP contribution in [0.2, 0.25) is 0 Å². The Morgan fingerprint density at radius 2 is 2.19 bits per heavy atom. The van der Waals surface area contributed by atoms with Crippen LogP contribution in [-0.4, -0.2) is 29.0 Å². The van der Waals surface area contributed by atoms with Crippen molar-refractivity contribution >= 4 is 22.2 Å². The van der Waals surface area contributed by atoms with E-state index in [4.69, 9.17) is 0 Å². The van der Waals surface area contributed by atoms with E-state index >= 15 is 0 Å². The van der Waals surface area contributed by atoms with Crippen molar-refractivity contribution in [2.45, 2.75) is 19.1 Å². The van der Waals surface area contributed by atoms with E-state index in [2.05, 4.69) is 22.6 Å². The van der Waals surface area contributed by atoms with Crippen molar-refractivity contribution in [1.29, 1.82) is 0 Å². The molecule has 1 atom stereocenters. The lowest BCUT2D eigenvalue weighted by molar-refractivity contribution is 0.0933. The Morgan fingerprint density at radius 3 is 2.95 bits per heavy atom. The van der Waals surface area contributed by atoms with Gasteiger partial charge in [-0.3, -0.25) is 4.79 Å². The molecule has 0 radical (unpaired) electrons. The molecule has 0 aromatic carbocycles. The van der Waals surface area contributed by atoms with Crippen LogP contribution >= 0.6 is 11.3 Å². The van der Waals surface area contributed by atoms with Gasteiger partial charge in [0.1, 0.15) is 11.2 Å². The van der Waals surface area contributed by atoms with Crippen LogP contribution in [0.5, 0.6) is 0 Å². The smallest absolute Gasteiger partial charge is 0.256 e. The molecule has 5 nitrogen and oxygen atoms in total. The normalized spacial score (nSPS) is 21.4. The van der Waals surface area contributed by atoms with Crippen LogP contribution in [0.15, 0.2) is 18.3 Å². The standard InChI is InChI=1S/C15H18N4OS/c1-18-7-5-9-11(8-18)21-15-12(9)14(20)16-13(17-15)10-4-3-6-19(10)2/h3-4,6,13,17H,5,7-8H2,1-2H3,(H,16,20). The Morgan fingerprint density at radius 1 is 1.33 bits per heavy atom. The highest BCUT2D eigenvalue weighted by Gasteiger charge is 2.33. The van der Waals surface area contributed by atoms with Gasteiger partial charge in [-0.1, -0.05) is 0 Å². The first-order valence-electron chi connectivity index (χ1n) is 7.15. The summed E-state index contributed by atoms with van der Waals surface area (Å²) in [6.45, 7) is 1.96. The van der Waals surface area contributed by atoms with E-state index in [0.717, 1.165) is 35.8 Å². The van der Waals surface area contributed by atoms with Gasteiger partial charge in [-0.2, -0.15) is 0 Å². The lowest BCUT2D eigenvalue weighted by Gasteiger charge is -2.27. The monoisotopic (exact) mass is 302 g/mol. The molecular formula is C15H18N4OS. The molecule has 110 valence electrons. The van der Waals surface area contributed by atoms with E-state index in [1.165, 1.54) is 10.4 Å². The molecule has 0 aliphatic carbocycles. The molecule has 2 N–H and O–H groups in total. The quantitative estimate of drug-likeness (QED) is 0.846. The topological polar surface area (TPSA) is 49.3 Å². The molecule has 4 rings (SSSR count). The number of fused-ring (bicyclic) bond motifs is 3. The van der Waals surface area contributed by atoms with Crippen molar-refractivity contribution in [1.82, 2.24) is 14.8 Å². The summed E-state index contributed by atoms with van der Waals surface area (Å²) in [7, 11) is 4.12. The van der Waals surface area contributed by atoms with Crippen molar-refractivity contribution in [3.63, 3.8) is 0 Å². The van der Waals surface area contributed by atoms with Gasteiger partial charge in [0.2, 0.25) is 0 Å². The molecule has 6 heteroatoms. The van der Waals surface area contributed by atoms with Gasteiger partial charge in [-0.05, 0) is 31.2 Å². The van der Waals surface area contributed by atoms with Gasteiger partial charge in [-0.25, -0.2) is 0 Å². The van der Waals surface area contributed by atoms with E-state index in [1.54, 1.807) is 11.3 Å². The molecule has 2 aromatic rings. The Hall–Kier alpha value is -1.79. The number of rotatable bonds is 1. The van der Waals surface area contributed by atoms with Crippen molar-refractivity contribution in [2.24, 2.45) is 7.05 Å². The number of carbonyl (C=O) groups is 1. The molecule has 21 heavy (non-hydrogen) atoms. The fraction of sp³-hybridized carbons (Fsp3) is 0.400.